The number of aliphatic hydroxyl groups excluding tert-OH is 1. The molecule has 1 rings (SSSR count). The molecule has 18 heavy (non-hydrogen) atoms. The van der Waals surface area contributed by atoms with Crippen molar-refractivity contribution in [1.82, 2.24) is 0 Å². The molecule has 0 atom stereocenters. The largest absolute Gasteiger partial charge is 0.508 e. The van der Waals surface area contributed by atoms with Crippen molar-refractivity contribution in [3.05, 3.63) is 41.2 Å². The number of rotatable bonds is 4. The Morgan fingerprint density at radius 3 is 2.56 bits per heavy atom. The molecule has 0 saturated heterocycles. The summed E-state index contributed by atoms with van der Waals surface area (Å²) in [4.78, 5) is 11.0. The Labute approximate surface area is 106 Å². The number of phenolic OH excluding ortho intramolecular Hbond substituents is 1. The van der Waals surface area contributed by atoms with Crippen LogP contribution in [-0.2, 0) is 4.79 Å². The topological polar surface area (TPSA) is 66.8 Å². The van der Waals surface area contributed by atoms with Gasteiger partial charge in [-0.15, -0.1) is 0 Å². The lowest BCUT2D eigenvalue weighted by Gasteiger charge is -2.03. The molecule has 0 aliphatic carbocycles. The Balaban J connectivity index is 2.98. The molecule has 1 aromatic carbocycles. The zero-order chi connectivity index (χ0) is 13.7. The van der Waals surface area contributed by atoms with Crippen molar-refractivity contribution in [2.24, 2.45) is 0 Å². The fraction of sp³-hybridized carbons (Fsp3) is 0.214. The molecule has 4 heteroatoms. The zero-order valence-corrected chi connectivity index (χ0v) is 10.6. The van der Waals surface area contributed by atoms with Crippen molar-refractivity contribution < 1.29 is 19.7 Å². The van der Waals surface area contributed by atoms with Crippen LogP contribution in [0, 0.1) is 0 Å². The van der Waals surface area contributed by atoms with E-state index in [1.807, 2.05) is 0 Å². The van der Waals surface area contributed by atoms with E-state index < -0.39 is 0 Å². The standard InChI is InChI=1S/C14H16O4/c1-9(10(2)15)12(16)6-4-11-5-7-13(17)14(8-11)18-3/h4-8,16-17H,1-3H3/b6-4+,12-9-. The number of hydrogen-bond acceptors (Lipinski definition) is 4. The van der Waals surface area contributed by atoms with Gasteiger partial charge in [0.1, 0.15) is 5.76 Å². The van der Waals surface area contributed by atoms with E-state index in [4.69, 9.17) is 4.74 Å². The summed E-state index contributed by atoms with van der Waals surface area (Å²) in [5, 5.41) is 19.0. The maximum atomic E-state index is 11.0. The fourth-order valence-electron chi connectivity index (χ4n) is 1.28. The van der Waals surface area contributed by atoms with Gasteiger partial charge in [-0.2, -0.15) is 0 Å². The minimum atomic E-state index is -0.180. The second kappa shape index (κ2) is 5.91. The molecular formula is C14H16O4. The quantitative estimate of drug-likeness (QED) is 0.488. The van der Waals surface area contributed by atoms with E-state index in [2.05, 4.69) is 0 Å². The lowest BCUT2D eigenvalue weighted by Crippen LogP contribution is -1.95. The molecule has 0 spiro atoms. The Morgan fingerprint density at radius 1 is 1.33 bits per heavy atom. The first-order valence-corrected chi connectivity index (χ1v) is 5.41. The highest BCUT2D eigenvalue weighted by Crippen LogP contribution is 2.26. The number of aliphatic hydroxyl groups is 1. The second-order valence-corrected chi connectivity index (χ2v) is 3.83. The van der Waals surface area contributed by atoms with E-state index in [0.29, 0.717) is 11.3 Å². The molecule has 0 fully saturated rings. The molecule has 1 aromatic rings. The van der Waals surface area contributed by atoms with Gasteiger partial charge >= 0.3 is 0 Å². The normalized spacial score (nSPS) is 12.4. The summed E-state index contributed by atoms with van der Waals surface area (Å²) >= 11 is 0. The van der Waals surface area contributed by atoms with Gasteiger partial charge in [0.2, 0.25) is 0 Å². The van der Waals surface area contributed by atoms with Crippen LogP contribution in [0.4, 0.5) is 0 Å². The van der Waals surface area contributed by atoms with Gasteiger partial charge in [0.05, 0.1) is 7.11 Å². The van der Waals surface area contributed by atoms with Crippen LogP contribution < -0.4 is 4.74 Å². The van der Waals surface area contributed by atoms with Crippen molar-refractivity contribution in [3.63, 3.8) is 0 Å². The van der Waals surface area contributed by atoms with Crippen LogP contribution in [0.25, 0.3) is 6.08 Å². The number of carbonyl (C=O) groups excluding carboxylic acids is 1. The Morgan fingerprint density at radius 2 is 2.00 bits per heavy atom. The van der Waals surface area contributed by atoms with Crippen LogP contribution in [0.15, 0.2) is 35.6 Å². The smallest absolute Gasteiger partial charge is 0.161 e. The van der Waals surface area contributed by atoms with E-state index in [1.54, 1.807) is 25.1 Å². The number of Topliss-reactive ketones (excluding diaryl/α,β-unsaturated/α-hetero) is 1. The third-order valence-electron chi connectivity index (χ3n) is 2.55. The van der Waals surface area contributed by atoms with Gasteiger partial charge < -0.3 is 14.9 Å². The Hall–Kier alpha value is -2.23. The second-order valence-electron chi connectivity index (χ2n) is 3.83. The van der Waals surface area contributed by atoms with Gasteiger partial charge in [0.25, 0.3) is 0 Å². The minimum Gasteiger partial charge on any atom is -0.508 e. The number of carbonyl (C=O) groups is 1. The van der Waals surface area contributed by atoms with Crippen molar-refractivity contribution in [2.75, 3.05) is 7.11 Å². The first kappa shape index (κ1) is 13.8. The molecule has 4 nitrogen and oxygen atoms in total. The van der Waals surface area contributed by atoms with E-state index in [0.717, 1.165) is 5.56 Å². The summed E-state index contributed by atoms with van der Waals surface area (Å²) < 4.78 is 4.97. The van der Waals surface area contributed by atoms with Crippen LogP contribution in [-0.4, -0.2) is 23.1 Å². The summed E-state index contributed by atoms with van der Waals surface area (Å²) in [6.45, 7) is 2.95. The van der Waals surface area contributed by atoms with E-state index in [-0.39, 0.29) is 17.3 Å². The first-order chi connectivity index (χ1) is 8.45. The summed E-state index contributed by atoms with van der Waals surface area (Å²) in [5.41, 5.74) is 1.05. The molecule has 0 aliphatic rings. The van der Waals surface area contributed by atoms with Gasteiger partial charge in [-0.05, 0) is 37.6 Å². The Bertz CT molecular complexity index is 513. The van der Waals surface area contributed by atoms with Gasteiger partial charge in [0, 0.05) is 5.57 Å². The number of allylic oxidation sites excluding steroid dienone is 2. The van der Waals surface area contributed by atoms with Gasteiger partial charge in [-0.1, -0.05) is 12.1 Å². The van der Waals surface area contributed by atoms with E-state index >= 15 is 0 Å². The van der Waals surface area contributed by atoms with Crippen LogP contribution in [0.1, 0.15) is 19.4 Å². The molecule has 0 bridgehead atoms. The van der Waals surface area contributed by atoms with Crippen molar-refractivity contribution >= 4 is 11.9 Å². The third-order valence-corrected chi connectivity index (χ3v) is 2.55. The van der Waals surface area contributed by atoms with Gasteiger partial charge in [0.15, 0.2) is 17.3 Å². The van der Waals surface area contributed by atoms with Gasteiger partial charge in [-0.3, -0.25) is 4.79 Å². The fourth-order valence-corrected chi connectivity index (χ4v) is 1.28. The number of benzene rings is 1. The lowest BCUT2D eigenvalue weighted by molar-refractivity contribution is -0.113. The average molecular weight is 248 g/mol. The summed E-state index contributed by atoms with van der Waals surface area (Å²) in [7, 11) is 1.46. The zero-order valence-electron chi connectivity index (χ0n) is 10.6. The molecular weight excluding hydrogens is 232 g/mol. The number of methoxy groups -OCH3 is 1. The summed E-state index contributed by atoms with van der Waals surface area (Å²) in [6.07, 6.45) is 3.06. The summed E-state index contributed by atoms with van der Waals surface area (Å²) in [5.74, 6) is 0.146. The number of ketones is 1. The van der Waals surface area contributed by atoms with Gasteiger partial charge in [-0.25, -0.2) is 0 Å². The van der Waals surface area contributed by atoms with Crippen LogP contribution in [0.5, 0.6) is 11.5 Å². The molecule has 0 heterocycles. The monoisotopic (exact) mass is 248 g/mol. The first-order valence-electron chi connectivity index (χ1n) is 5.41. The third kappa shape index (κ3) is 3.38. The molecule has 2 N–H and O–H groups in total. The highest BCUT2D eigenvalue weighted by atomic mass is 16.5. The predicted molar refractivity (Wildman–Crippen MR) is 69.7 cm³/mol. The van der Waals surface area contributed by atoms with E-state index in [9.17, 15) is 15.0 Å². The molecule has 0 saturated carbocycles. The number of ether oxygens (including phenoxy) is 1. The molecule has 0 radical (unpaired) electrons. The number of hydrogen-bond donors (Lipinski definition) is 2. The van der Waals surface area contributed by atoms with Crippen molar-refractivity contribution in [1.29, 1.82) is 0 Å². The lowest BCUT2D eigenvalue weighted by atomic mass is 10.1. The maximum Gasteiger partial charge on any atom is 0.161 e. The highest BCUT2D eigenvalue weighted by molar-refractivity contribution is 5.93. The minimum absolute atomic E-state index is 0.0503. The van der Waals surface area contributed by atoms with Crippen LogP contribution in [0.2, 0.25) is 0 Å². The highest BCUT2D eigenvalue weighted by Gasteiger charge is 2.03. The molecule has 0 unspecified atom stereocenters. The Kier molecular flexibility index (Phi) is 4.54. The summed E-state index contributed by atoms with van der Waals surface area (Å²) in [6, 6.07) is 4.80. The molecule has 0 amide bonds. The SMILES string of the molecule is COc1cc(/C=C/C(O)=C(\C)C(C)=O)ccc1O. The van der Waals surface area contributed by atoms with Crippen molar-refractivity contribution in [3.8, 4) is 11.5 Å². The van der Waals surface area contributed by atoms with Crippen LogP contribution in [0.3, 0.4) is 0 Å². The maximum absolute atomic E-state index is 11.0. The van der Waals surface area contributed by atoms with Crippen LogP contribution >= 0.6 is 0 Å². The predicted octanol–water partition coefficient (Wildman–Crippen LogP) is 2.84. The molecule has 0 aliphatic heterocycles. The van der Waals surface area contributed by atoms with E-state index in [1.165, 1.54) is 26.2 Å². The number of phenols is 1. The number of aromatic hydroxyl groups is 1. The van der Waals surface area contributed by atoms with Crippen molar-refractivity contribution in [2.45, 2.75) is 13.8 Å². The molecule has 96 valence electrons. The average Bonchev–Trinajstić information content (AvgIpc) is 2.36. The molecule has 0 aromatic heterocycles.